The summed E-state index contributed by atoms with van der Waals surface area (Å²) in [6.45, 7) is 2.04. The van der Waals surface area contributed by atoms with E-state index >= 15 is 0 Å². The van der Waals surface area contributed by atoms with Gasteiger partial charge < -0.3 is 9.64 Å². The minimum absolute atomic E-state index is 0.0585. The summed E-state index contributed by atoms with van der Waals surface area (Å²) in [6.07, 6.45) is 1.52. The summed E-state index contributed by atoms with van der Waals surface area (Å²) in [5.74, 6) is 1.73. The van der Waals surface area contributed by atoms with Crippen LogP contribution in [0.5, 0.6) is 5.75 Å². The van der Waals surface area contributed by atoms with E-state index in [4.69, 9.17) is 4.74 Å². The number of hydrogen-bond donors (Lipinski definition) is 0. The lowest BCUT2D eigenvalue weighted by atomic mass is 9.82. The van der Waals surface area contributed by atoms with E-state index in [-0.39, 0.29) is 17.9 Å². The van der Waals surface area contributed by atoms with Gasteiger partial charge in [-0.25, -0.2) is 0 Å². The predicted octanol–water partition coefficient (Wildman–Crippen LogP) is 0.968. The molecule has 1 saturated heterocycles. The van der Waals surface area contributed by atoms with Crippen molar-refractivity contribution in [3.05, 3.63) is 24.0 Å². The molecule has 0 saturated carbocycles. The Balaban J connectivity index is 1.92. The van der Waals surface area contributed by atoms with Crippen molar-refractivity contribution in [2.45, 2.75) is 25.8 Å². The van der Waals surface area contributed by atoms with Gasteiger partial charge in [0.05, 0.1) is 30.4 Å². The Morgan fingerprint density at radius 2 is 2.24 bits per heavy atom. The molecule has 0 aliphatic carbocycles. The van der Waals surface area contributed by atoms with Crippen molar-refractivity contribution in [3.8, 4) is 11.4 Å². The number of aromatic nitrogens is 4. The fourth-order valence-corrected chi connectivity index (χ4v) is 3.29. The van der Waals surface area contributed by atoms with Crippen LogP contribution in [0.1, 0.15) is 19.2 Å². The van der Waals surface area contributed by atoms with Gasteiger partial charge >= 0.3 is 0 Å². The highest BCUT2D eigenvalue weighted by molar-refractivity contribution is 6.04. The summed E-state index contributed by atoms with van der Waals surface area (Å²) in [5, 5.41) is 11.9. The highest BCUT2D eigenvalue weighted by Crippen LogP contribution is 2.42. The van der Waals surface area contributed by atoms with E-state index in [1.165, 1.54) is 0 Å². The van der Waals surface area contributed by atoms with Crippen molar-refractivity contribution in [3.63, 3.8) is 0 Å². The van der Waals surface area contributed by atoms with E-state index in [2.05, 4.69) is 15.5 Å². The van der Waals surface area contributed by atoms with Gasteiger partial charge in [-0.15, -0.1) is 5.10 Å². The van der Waals surface area contributed by atoms with Crippen molar-refractivity contribution in [2.24, 2.45) is 5.92 Å². The van der Waals surface area contributed by atoms with Crippen molar-refractivity contribution in [1.29, 1.82) is 0 Å². The number of hydrogen-bond acceptors (Lipinski definition) is 5. The summed E-state index contributed by atoms with van der Waals surface area (Å²) >= 11 is 0. The molecule has 0 spiro atoms. The molecular weight excluding hydrogens is 270 g/mol. The molecule has 0 radical (unpaired) electrons. The minimum Gasteiger partial charge on any atom is -0.497 e. The lowest BCUT2D eigenvalue weighted by molar-refractivity contribution is -0.130. The van der Waals surface area contributed by atoms with Crippen LogP contribution in [-0.4, -0.2) is 39.3 Å². The molecule has 21 heavy (non-hydrogen) atoms. The number of ether oxygens (including phenoxy) is 1. The van der Waals surface area contributed by atoms with E-state index in [1.54, 1.807) is 11.8 Å². The van der Waals surface area contributed by atoms with Crippen molar-refractivity contribution >= 4 is 11.6 Å². The molecule has 0 N–H and O–H groups in total. The molecule has 2 atom stereocenters. The van der Waals surface area contributed by atoms with Crippen LogP contribution in [0.15, 0.2) is 18.2 Å². The first-order valence-electron chi connectivity index (χ1n) is 7.03. The maximum atomic E-state index is 12.4. The quantitative estimate of drug-likeness (QED) is 0.769. The van der Waals surface area contributed by atoms with Crippen LogP contribution in [-0.2, 0) is 11.2 Å². The first-order valence-corrected chi connectivity index (χ1v) is 7.03. The zero-order chi connectivity index (χ0) is 14.6. The van der Waals surface area contributed by atoms with E-state index < -0.39 is 0 Å². The van der Waals surface area contributed by atoms with Gasteiger partial charge in [-0.1, -0.05) is 6.92 Å². The third kappa shape index (κ3) is 1.54. The van der Waals surface area contributed by atoms with E-state index in [0.717, 1.165) is 23.6 Å². The lowest BCUT2D eigenvalue weighted by Gasteiger charge is -2.46. The van der Waals surface area contributed by atoms with Gasteiger partial charge in [0, 0.05) is 12.5 Å². The first kappa shape index (κ1) is 12.3. The highest BCUT2D eigenvalue weighted by atomic mass is 16.5. The van der Waals surface area contributed by atoms with Crippen LogP contribution < -0.4 is 9.64 Å². The van der Waals surface area contributed by atoms with Crippen LogP contribution in [0, 0.1) is 5.92 Å². The number of benzene rings is 1. The van der Waals surface area contributed by atoms with Crippen LogP contribution in [0.3, 0.4) is 0 Å². The second-order valence-electron chi connectivity index (χ2n) is 5.36. The summed E-state index contributed by atoms with van der Waals surface area (Å²) in [6, 6.07) is 5.77. The molecule has 1 amide bonds. The fraction of sp³-hybridized carbons (Fsp3) is 0.429. The number of fused-ring (bicyclic) bond motifs is 5. The Labute approximate surface area is 121 Å². The van der Waals surface area contributed by atoms with Gasteiger partial charge in [-0.3, -0.25) is 4.79 Å². The SMILES string of the molecule is CC[C@@H]1C(=O)N2c3ccc(OC)cc3-n3nnnc3C[C@H]12. The molecule has 3 heterocycles. The Morgan fingerprint density at radius 3 is 3.00 bits per heavy atom. The monoisotopic (exact) mass is 285 g/mol. The summed E-state index contributed by atoms with van der Waals surface area (Å²) < 4.78 is 6.98. The third-order valence-electron chi connectivity index (χ3n) is 4.39. The molecule has 2 aromatic rings. The third-order valence-corrected chi connectivity index (χ3v) is 4.39. The number of anilines is 1. The minimum atomic E-state index is 0.0585. The van der Waals surface area contributed by atoms with Crippen LogP contribution in [0.25, 0.3) is 5.69 Å². The first-order chi connectivity index (χ1) is 10.2. The Morgan fingerprint density at radius 1 is 1.38 bits per heavy atom. The molecule has 2 aliphatic rings. The molecule has 108 valence electrons. The number of rotatable bonds is 2. The van der Waals surface area contributed by atoms with E-state index in [9.17, 15) is 4.79 Å². The molecule has 7 nitrogen and oxygen atoms in total. The zero-order valence-electron chi connectivity index (χ0n) is 11.9. The van der Waals surface area contributed by atoms with Crippen molar-refractivity contribution < 1.29 is 9.53 Å². The zero-order valence-corrected chi connectivity index (χ0v) is 11.9. The number of amides is 1. The van der Waals surface area contributed by atoms with Crippen LogP contribution in [0.4, 0.5) is 5.69 Å². The molecule has 2 aliphatic heterocycles. The summed E-state index contributed by atoms with van der Waals surface area (Å²) in [5.41, 5.74) is 1.64. The number of nitrogens with zero attached hydrogens (tertiary/aromatic N) is 5. The van der Waals surface area contributed by atoms with Gasteiger partial charge in [-0.2, -0.15) is 4.68 Å². The summed E-state index contributed by atoms with van der Waals surface area (Å²) in [4.78, 5) is 14.3. The van der Waals surface area contributed by atoms with Crippen LogP contribution >= 0.6 is 0 Å². The molecule has 1 aromatic heterocycles. The molecule has 1 fully saturated rings. The average Bonchev–Trinajstić information content (AvgIpc) is 2.92. The number of tetrazole rings is 1. The maximum Gasteiger partial charge on any atom is 0.232 e. The average molecular weight is 285 g/mol. The number of carbonyl (C=O) groups excluding carboxylic acids is 1. The largest absolute Gasteiger partial charge is 0.497 e. The Hall–Kier alpha value is -2.44. The van der Waals surface area contributed by atoms with Crippen molar-refractivity contribution in [1.82, 2.24) is 20.2 Å². The Bertz CT molecular complexity index is 726. The molecule has 0 bridgehead atoms. The maximum absolute atomic E-state index is 12.4. The van der Waals surface area contributed by atoms with Gasteiger partial charge in [-0.05, 0) is 29.0 Å². The van der Waals surface area contributed by atoms with Gasteiger partial charge in [0.15, 0.2) is 5.82 Å². The molecular formula is C14H15N5O2. The topological polar surface area (TPSA) is 73.1 Å². The lowest BCUT2D eigenvalue weighted by Crippen LogP contribution is -2.61. The van der Waals surface area contributed by atoms with E-state index in [1.807, 2.05) is 30.0 Å². The second kappa shape index (κ2) is 4.28. The van der Waals surface area contributed by atoms with Gasteiger partial charge in [0.1, 0.15) is 5.75 Å². The van der Waals surface area contributed by atoms with E-state index in [0.29, 0.717) is 12.2 Å². The molecule has 1 aromatic carbocycles. The van der Waals surface area contributed by atoms with Crippen LogP contribution in [0.2, 0.25) is 0 Å². The highest BCUT2D eigenvalue weighted by Gasteiger charge is 2.49. The normalized spacial score (nSPS) is 22.8. The van der Waals surface area contributed by atoms with Gasteiger partial charge in [0.25, 0.3) is 0 Å². The molecule has 4 rings (SSSR count). The predicted molar refractivity (Wildman–Crippen MR) is 74.5 cm³/mol. The number of β-lactam (4-membered cyclic amide) rings is 1. The number of carbonyl (C=O) groups is 1. The number of methoxy groups -OCH3 is 1. The van der Waals surface area contributed by atoms with Crippen molar-refractivity contribution in [2.75, 3.05) is 12.0 Å². The molecule has 0 unspecified atom stereocenters. The fourth-order valence-electron chi connectivity index (χ4n) is 3.29. The Kier molecular flexibility index (Phi) is 2.51. The summed E-state index contributed by atoms with van der Waals surface area (Å²) in [7, 11) is 1.61. The van der Waals surface area contributed by atoms with Gasteiger partial charge in [0.2, 0.25) is 5.91 Å². The smallest absolute Gasteiger partial charge is 0.232 e. The second-order valence-corrected chi connectivity index (χ2v) is 5.36. The standard InChI is InChI=1S/C14H15N5O2/c1-3-9-11-7-13-15-16-17-19(13)12-6-8(21-2)4-5-10(12)18(11)14(9)20/h4-6,9,11H,3,7H2,1-2H3/t9-,11+/m0/s1. The molecule has 7 heteroatoms.